The van der Waals surface area contributed by atoms with Crippen molar-refractivity contribution in [3.05, 3.63) is 29.3 Å². The minimum atomic E-state index is 0.198. The molecule has 14 heavy (non-hydrogen) atoms. The van der Waals surface area contributed by atoms with E-state index < -0.39 is 0 Å². The molecule has 0 unspecified atom stereocenters. The van der Waals surface area contributed by atoms with Crippen LogP contribution in [0.25, 0.3) is 0 Å². The number of fused-ring (bicyclic) bond motifs is 1. The smallest absolute Gasteiger partial charge is 0.0604 e. The number of aliphatic hydroxyl groups is 1. The topological polar surface area (TPSA) is 32.3 Å². The van der Waals surface area contributed by atoms with Crippen molar-refractivity contribution in [3.8, 4) is 0 Å². The Hall–Kier alpha value is -1.02. The van der Waals surface area contributed by atoms with Gasteiger partial charge in [-0.1, -0.05) is 12.1 Å². The molecule has 0 aromatic heterocycles. The van der Waals surface area contributed by atoms with Gasteiger partial charge in [0.2, 0.25) is 0 Å². The number of benzene rings is 1. The minimum absolute atomic E-state index is 0.198. The number of anilines is 1. The van der Waals surface area contributed by atoms with Crippen molar-refractivity contribution < 1.29 is 5.11 Å². The first-order valence-corrected chi connectivity index (χ1v) is 5.37. The molecule has 0 saturated carbocycles. The summed E-state index contributed by atoms with van der Waals surface area (Å²) in [7, 11) is 0. The highest BCUT2D eigenvalue weighted by Crippen LogP contribution is 2.27. The van der Waals surface area contributed by atoms with Gasteiger partial charge in [-0.2, -0.15) is 0 Å². The van der Waals surface area contributed by atoms with Crippen molar-refractivity contribution in [1.29, 1.82) is 0 Å². The SMILES string of the molecule is OCCNc1cccc2c1CCCC2. The number of aryl methyl sites for hydroxylation is 1. The zero-order valence-corrected chi connectivity index (χ0v) is 8.42. The lowest BCUT2D eigenvalue weighted by Crippen LogP contribution is -2.11. The highest BCUT2D eigenvalue weighted by molar-refractivity contribution is 5.55. The summed E-state index contributed by atoms with van der Waals surface area (Å²) in [6.07, 6.45) is 5.01. The molecule has 0 fully saturated rings. The molecule has 76 valence electrons. The van der Waals surface area contributed by atoms with E-state index in [9.17, 15) is 0 Å². The monoisotopic (exact) mass is 191 g/mol. The summed E-state index contributed by atoms with van der Waals surface area (Å²) in [5.74, 6) is 0. The van der Waals surface area contributed by atoms with Gasteiger partial charge in [0, 0.05) is 12.2 Å². The standard InChI is InChI=1S/C12H17NO/c14-9-8-13-12-7-3-5-10-4-1-2-6-11(10)12/h3,5,7,13-14H,1-2,4,6,8-9H2. The first-order valence-electron chi connectivity index (χ1n) is 5.37. The van der Waals surface area contributed by atoms with Crippen molar-refractivity contribution in [2.75, 3.05) is 18.5 Å². The fourth-order valence-electron chi connectivity index (χ4n) is 2.14. The third-order valence-corrected chi connectivity index (χ3v) is 2.82. The largest absolute Gasteiger partial charge is 0.395 e. The highest BCUT2D eigenvalue weighted by atomic mass is 16.3. The van der Waals surface area contributed by atoms with E-state index in [1.54, 1.807) is 0 Å². The number of hydrogen-bond acceptors (Lipinski definition) is 2. The van der Waals surface area contributed by atoms with Gasteiger partial charge >= 0.3 is 0 Å². The highest BCUT2D eigenvalue weighted by Gasteiger charge is 2.11. The minimum Gasteiger partial charge on any atom is -0.395 e. The Morgan fingerprint density at radius 1 is 1.21 bits per heavy atom. The molecule has 1 aliphatic carbocycles. The Balaban J connectivity index is 2.21. The van der Waals surface area contributed by atoms with E-state index in [4.69, 9.17) is 5.11 Å². The molecule has 0 atom stereocenters. The molecule has 0 radical (unpaired) electrons. The fourth-order valence-corrected chi connectivity index (χ4v) is 2.14. The molecule has 1 aromatic carbocycles. The van der Waals surface area contributed by atoms with Gasteiger partial charge in [0.1, 0.15) is 0 Å². The number of rotatable bonds is 3. The molecule has 0 amide bonds. The quantitative estimate of drug-likeness (QED) is 0.765. The number of hydrogen-bond donors (Lipinski definition) is 2. The second-order valence-electron chi connectivity index (χ2n) is 3.80. The maximum Gasteiger partial charge on any atom is 0.0604 e. The van der Waals surface area contributed by atoms with Gasteiger partial charge in [0.05, 0.1) is 6.61 Å². The third kappa shape index (κ3) is 1.90. The maximum atomic E-state index is 8.77. The van der Waals surface area contributed by atoms with Crippen LogP contribution in [-0.4, -0.2) is 18.3 Å². The van der Waals surface area contributed by atoms with Gasteiger partial charge in [0.25, 0.3) is 0 Å². The second-order valence-corrected chi connectivity index (χ2v) is 3.80. The summed E-state index contributed by atoms with van der Waals surface area (Å²) in [6.45, 7) is 0.847. The van der Waals surface area contributed by atoms with Crippen LogP contribution in [-0.2, 0) is 12.8 Å². The van der Waals surface area contributed by atoms with E-state index in [1.807, 2.05) is 0 Å². The van der Waals surface area contributed by atoms with E-state index in [1.165, 1.54) is 42.5 Å². The maximum absolute atomic E-state index is 8.77. The molecule has 0 bridgehead atoms. The molecular formula is C12H17NO. The summed E-state index contributed by atoms with van der Waals surface area (Å²) in [4.78, 5) is 0. The molecule has 1 aromatic rings. The normalized spacial score (nSPS) is 14.9. The first kappa shape index (κ1) is 9.53. The van der Waals surface area contributed by atoms with Gasteiger partial charge in [-0.3, -0.25) is 0 Å². The van der Waals surface area contributed by atoms with E-state index in [-0.39, 0.29) is 6.61 Å². The van der Waals surface area contributed by atoms with Crippen LogP contribution >= 0.6 is 0 Å². The lowest BCUT2D eigenvalue weighted by Gasteiger charge is -2.19. The van der Waals surface area contributed by atoms with E-state index in [0.717, 1.165) is 0 Å². The molecule has 2 rings (SSSR count). The first-order chi connectivity index (χ1) is 6.92. The predicted octanol–water partition coefficient (Wildman–Crippen LogP) is 1.97. The Bertz CT molecular complexity index is 309. The van der Waals surface area contributed by atoms with Crippen LogP contribution in [0.2, 0.25) is 0 Å². The molecule has 2 N–H and O–H groups in total. The number of nitrogens with one attached hydrogen (secondary N) is 1. The average Bonchev–Trinajstić information content (AvgIpc) is 2.26. The van der Waals surface area contributed by atoms with Crippen molar-refractivity contribution >= 4 is 5.69 Å². The molecule has 0 heterocycles. The lowest BCUT2D eigenvalue weighted by atomic mass is 9.90. The van der Waals surface area contributed by atoms with Crippen LogP contribution in [0.1, 0.15) is 24.0 Å². The van der Waals surface area contributed by atoms with Crippen molar-refractivity contribution in [3.63, 3.8) is 0 Å². The zero-order chi connectivity index (χ0) is 9.80. The van der Waals surface area contributed by atoms with Crippen LogP contribution < -0.4 is 5.32 Å². The molecule has 0 saturated heterocycles. The van der Waals surface area contributed by atoms with Crippen molar-refractivity contribution in [2.45, 2.75) is 25.7 Å². The fraction of sp³-hybridized carbons (Fsp3) is 0.500. The third-order valence-electron chi connectivity index (χ3n) is 2.82. The summed E-state index contributed by atoms with van der Waals surface area (Å²) in [5, 5.41) is 12.0. The summed E-state index contributed by atoms with van der Waals surface area (Å²) in [5.41, 5.74) is 4.17. The van der Waals surface area contributed by atoms with Gasteiger partial charge < -0.3 is 10.4 Å². The second kappa shape index (κ2) is 4.47. The van der Waals surface area contributed by atoms with Gasteiger partial charge in [-0.15, -0.1) is 0 Å². The molecule has 1 aliphatic rings. The summed E-state index contributed by atoms with van der Waals surface area (Å²) in [6, 6.07) is 6.43. The Morgan fingerprint density at radius 2 is 2.07 bits per heavy atom. The molecule has 2 nitrogen and oxygen atoms in total. The zero-order valence-electron chi connectivity index (χ0n) is 8.42. The van der Waals surface area contributed by atoms with Gasteiger partial charge in [-0.25, -0.2) is 0 Å². The van der Waals surface area contributed by atoms with E-state index in [2.05, 4.69) is 23.5 Å². The van der Waals surface area contributed by atoms with Crippen molar-refractivity contribution in [2.24, 2.45) is 0 Å². The molecule has 0 aliphatic heterocycles. The summed E-state index contributed by atoms with van der Waals surface area (Å²) >= 11 is 0. The predicted molar refractivity (Wildman–Crippen MR) is 58.7 cm³/mol. The van der Waals surface area contributed by atoms with Crippen LogP contribution in [0.3, 0.4) is 0 Å². The van der Waals surface area contributed by atoms with Gasteiger partial charge in [0.15, 0.2) is 0 Å². The van der Waals surface area contributed by atoms with Crippen LogP contribution in [0.5, 0.6) is 0 Å². The average molecular weight is 191 g/mol. The van der Waals surface area contributed by atoms with E-state index >= 15 is 0 Å². The Kier molecular flexibility index (Phi) is 3.04. The molecule has 2 heteroatoms. The summed E-state index contributed by atoms with van der Waals surface area (Å²) < 4.78 is 0. The van der Waals surface area contributed by atoms with Crippen LogP contribution in [0.15, 0.2) is 18.2 Å². The lowest BCUT2D eigenvalue weighted by molar-refractivity contribution is 0.311. The van der Waals surface area contributed by atoms with Gasteiger partial charge in [-0.05, 0) is 42.9 Å². The molecule has 0 spiro atoms. The van der Waals surface area contributed by atoms with E-state index in [0.29, 0.717) is 6.54 Å². The molecular weight excluding hydrogens is 174 g/mol. The van der Waals surface area contributed by atoms with Crippen molar-refractivity contribution in [1.82, 2.24) is 0 Å². The number of aliphatic hydroxyl groups excluding tert-OH is 1. The van der Waals surface area contributed by atoms with Crippen LogP contribution in [0, 0.1) is 0 Å². The Labute approximate surface area is 85.0 Å². The Morgan fingerprint density at radius 3 is 2.93 bits per heavy atom. The van der Waals surface area contributed by atoms with Crippen LogP contribution in [0.4, 0.5) is 5.69 Å².